The van der Waals surface area contributed by atoms with E-state index in [0.29, 0.717) is 5.69 Å². The number of amides is 1. The number of aryl methyl sites for hydroxylation is 1. The van der Waals surface area contributed by atoms with E-state index in [1.807, 2.05) is 0 Å². The lowest BCUT2D eigenvalue weighted by Crippen LogP contribution is -2.63. The summed E-state index contributed by atoms with van der Waals surface area (Å²) in [4.78, 5) is 21.9. The maximum atomic E-state index is 16.4. The number of ether oxygens (including phenoxy) is 1. The number of aromatic nitrogens is 4. The van der Waals surface area contributed by atoms with Crippen LogP contribution in [0.1, 0.15) is 61.6 Å². The second kappa shape index (κ2) is 10.8. The third kappa shape index (κ3) is 5.38. The zero-order valence-corrected chi connectivity index (χ0v) is 25.0. The number of fused-ring (bicyclic) bond motifs is 1. The van der Waals surface area contributed by atoms with E-state index in [9.17, 15) is 30.8 Å². The molecular weight excluding hydrogens is 611 g/mol. The van der Waals surface area contributed by atoms with Gasteiger partial charge in [0.05, 0.1) is 42.0 Å². The summed E-state index contributed by atoms with van der Waals surface area (Å²) in [6.07, 6.45) is 0.454. The number of alkyl halides is 4. The topological polar surface area (TPSA) is 122 Å². The molecule has 1 saturated carbocycles. The lowest BCUT2D eigenvalue weighted by molar-refractivity contribution is -0.174. The van der Waals surface area contributed by atoms with Gasteiger partial charge >= 0.3 is 0 Å². The average molecular weight is 645 g/mol. The highest BCUT2D eigenvalue weighted by molar-refractivity contribution is 7.89. The van der Waals surface area contributed by atoms with Gasteiger partial charge in [-0.2, -0.15) is 5.10 Å². The molecule has 0 radical (unpaired) electrons. The number of sulfonamides is 1. The van der Waals surface area contributed by atoms with Gasteiger partial charge in [-0.1, -0.05) is 6.07 Å². The van der Waals surface area contributed by atoms with Crippen LogP contribution in [0.4, 0.5) is 22.0 Å². The molecule has 0 spiro atoms. The Hall–Kier alpha value is -3.11. The fraction of sp³-hybridized carbons (Fsp3) is 0.607. The Balaban J connectivity index is 1.39. The van der Waals surface area contributed by atoms with Crippen molar-refractivity contribution in [2.45, 2.75) is 73.6 Å². The first-order valence-electron chi connectivity index (χ1n) is 14.4. The van der Waals surface area contributed by atoms with Crippen LogP contribution < -0.4 is 4.72 Å². The van der Waals surface area contributed by atoms with Gasteiger partial charge in [0.25, 0.3) is 5.92 Å². The zero-order valence-electron chi connectivity index (χ0n) is 24.2. The predicted molar refractivity (Wildman–Crippen MR) is 147 cm³/mol. The van der Waals surface area contributed by atoms with Crippen molar-refractivity contribution in [1.29, 1.82) is 0 Å². The van der Waals surface area contributed by atoms with Gasteiger partial charge < -0.3 is 14.6 Å². The summed E-state index contributed by atoms with van der Waals surface area (Å²) in [5.41, 5.74) is -1.06. The van der Waals surface area contributed by atoms with Crippen molar-refractivity contribution in [3.05, 3.63) is 41.2 Å². The normalized spacial score (nSPS) is 22.6. The summed E-state index contributed by atoms with van der Waals surface area (Å²) in [7, 11) is -2.62. The van der Waals surface area contributed by atoms with Crippen LogP contribution >= 0.6 is 0 Å². The van der Waals surface area contributed by atoms with Crippen molar-refractivity contribution in [1.82, 2.24) is 29.4 Å². The molecule has 2 N–H and O–H groups in total. The highest BCUT2D eigenvalue weighted by atomic mass is 32.2. The van der Waals surface area contributed by atoms with Crippen molar-refractivity contribution in [3.63, 3.8) is 0 Å². The molecule has 4 heterocycles. The molecule has 16 heteroatoms. The minimum absolute atomic E-state index is 0.00489. The molecule has 44 heavy (non-hydrogen) atoms. The number of hydrogen-bond acceptors (Lipinski definition) is 6. The molecule has 0 bridgehead atoms. The number of carbonyl (C=O) groups excluding carboxylic acids is 1. The number of imidazole rings is 1. The molecule has 2 aliphatic heterocycles. The van der Waals surface area contributed by atoms with Crippen LogP contribution in [0.15, 0.2) is 23.2 Å². The van der Waals surface area contributed by atoms with E-state index in [0.717, 1.165) is 4.90 Å². The summed E-state index contributed by atoms with van der Waals surface area (Å²) in [6.45, 7) is 0.337. The van der Waals surface area contributed by atoms with Crippen LogP contribution in [0.25, 0.3) is 11.0 Å². The lowest BCUT2D eigenvalue weighted by Gasteiger charge is -2.46. The first-order valence-corrected chi connectivity index (χ1v) is 15.9. The van der Waals surface area contributed by atoms with Crippen molar-refractivity contribution >= 4 is 27.0 Å². The number of nitrogens with zero attached hydrogens (tertiary/aromatic N) is 4. The average Bonchev–Trinajstić information content (AvgIpc) is 3.54. The van der Waals surface area contributed by atoms with E-state index in [2.05, 4.69) is 19.8 Å². The van der Waals surface area contributed by atoms with Crippen molar-refractivity contribution in [2.24, 2.45) is 13.0 Å². The number of halogens is 5. The molecule has 1 aromatic carbocycles. The van der Waals surface area contributed by atoms with E-state index in [1.165, 1.54) is 23.0 Å². The fourth-order valence-corrected chi connectivity index (χ4v) is 8.07. The molecule has 1 aliphatic carbocycles. The van der Waals surface area contributed by atoms with Gasteiger partial charge in [0.1, 0.15) is 16.2 Å². The maximum Gasteiger partial charge on any atom is 0.282 e. The second-order valence-corrected chi connectivity index (χ2v) is 13.8. The Morgan fingerprint density at radius 1 is 1.09 bits per heavy atom. The molecule has 3 fully saturated rings. The maximum absolute atomic E-state index is 16.4. The molecule has 0 unspecified atom stereocenters. The van der Waals surface area contributed by atoms with Crippen molar-refractivity contribution < 1.29 is 39.9 Å². The quantitative estimate of drug-likeness (QED) is 0.374. The first kappa shape index (κ1) is 30.9. The number of nitrogens with one attached hydrogen (secondary N) is 2. The third-order valence-electron chi connectivity index (χ3n) is 9.30. The predicted octanol–water partition coefficient (Wildman–Crippen LogP) is 4.11. The number of hydrogen-bond donors (Lipinski definition) is 2. The molecule has 6 rings (SSSR count). The van der Waals surface area contributed by atoms with Gasteiger partial charge in [-0.25, -0.2) is 40.1 Å². The number of H-pyrrole nitrogens is 1. The Bertz CT molecular complexity index is 1680. The van der Waals surface area contributed by atoms with Gasteiger partial charge in [-0.05, 0) is 44.6 Å². The first-order chi connectivity index (χ1) is 20.6. The van der Waals surface area contributed by atoms with Gasteiger partial charge in [-0.15, -0.1) is 0 Å². The highest BCUT2D eigenvalue weighted by Gasteiger charge is 2.54. The van der Waals surface area contributed by atoms with Gasteiger partial charge in [0.15, 0.2) is 5.82 Å². The molecule has 3 aromatic rings. The number of benzene rings is 1. The number of carbonyl (C=O) groups is 1. The summed E-state index contributed by atoms with van der Waals surface area (Å²) in [5, 5.41) is 3.99. The van der Waals surface area contributed by atoms with Crippen LogP contribution in [-0.2, 0) is 32.0 Å². The van der Waals surface area contributed by atoms with Crippen molar-refractivity contribution in [3.8, 4) is 0 Å². The fourth-order valence-electron chi connectivity index (χ4n) is 6.60. The summed E-state index contributed by atoms with van der Waals surface area (Å²) in [6, 6.07) is 1.82. The monoisotopic (exact) mass is 644 g/mol. The zero-order chi connectivity index (χ0) is 31.7. The van der Waals surface area contributed by atoms with E-state index in [-0.39, 0.29) is 66.2 Å². The summed E-state index contributed by atoms with van der Waals surface area (Å²) >= 11 is 0. The number of rotatable bonds is 7. The molecule has 2 saturated heterocycles. The molecule has 240 valence electrons. The summed E-state index contributed by atoms with van der Waals surface area (Å²) < 4.78 is 108. The SMILES string of the molecule is Cc1c(S(=O)(=O)N[C@H](c2nc3c(F)c(C4(C(=O)N5CC(F)(F)C5)CCOCC4)ccc3[nH]2)C2CCC(F)(F)CC2)cnn1C. The Morgan fingerprint density at radius 2 is 1.75 bits per heavy atom. The molecule has 2 aromatic heterocycles. The lowest BCUT2D eigenvalue weighted by atomic mass is 9.72. The minimum atomic E-state index is -4.20. The van der Waals surface area contributed by atoms with Crippen LogP contribution in [0.2, 0.25) is 0 Å². The van der Waals surface area contributed by atoms with E-state index < -0.39 is 76.9 Å². The molecular formula is C28H33F5N6O4S. The van der Waals surface area contributed by atoms with Crippen LogP contribution in [-0.4, -0.2) is 77.1 Å². The second-order valence-electron chi connectivity index (χ2n) is 12.2. The summed E-state index contributed by atoms with van der Waals surface area (Å²) in [5.74, 6) is -7.87. The highest BCUT2D eigenvalue weighted by Crippen LogP contribution is 2.44. The Labute approximate surface area is 250 Å². The van der Waals surface area contributed by atoms with E-state index >= 15 is 4.39 Å². The number of likely N-dealkylation sites (tertiary alicyclic amines) is 1. The molecule has 1 atom stereocenters. The molecule has 1 amide bonds. The Morgan fingerprint density at radius 3 is 2.34 bits per heavy atom. The molecule has 10 nitrogen and oxygen atoms in total. The van der Waals surface area contributed by atoms with Gasteiger partial charge in [0.2, 0.25) is 21.9 Å². The van der Waals surface area contributed by atoms with Crippen LogP contribution in [0.5, 0.6) is 0 Å². The van der Waals surface area contributed by atoms with Crippen LogP contribution in [0.3, 0.4) is 0 Å². The molecule has 3 aliphatic rings. The Kier molecular flexibility index (Phi) is 7.55. The van der Waals surface area contributed by atoms with Crippen LogP contribution in [0, 0.1) is 18.7 Å². The number of aromatic amines is 1. The van der Waals surface area contributed by atoms with E-state index in [4.69, 9.17) is 4.74 Å². The van der Waals surface area contributed by atoms with Gasteiger partial charge in [-0.3, -0.25) is 9.48 Å². The minimum Gasteiger partial charge on any atom is -0.381 e. The largest absolute Gasteiger partial charge is 0.381 e. The van der Waals surface area contributed by atoms with Crippen molar-refractivity contribution in [2.75, 3.05) is 26.3 Å². The van der Waals surface area contributed by atoms with E-state index in [1.54, 1.807) is 14.0 Å². The smallest absolute Gasteiger partial charge is 0.282 e. The van der Waals surface area contributed by atoms with Gasteiger partial charge in [0, 0.05) is 38.7 Å². The standard InChI is InChI=1S/C28H33F5N6O4S/c1-16-20(13-34-38(16)2)44(41,42)37-22(17-5-7-27(30,31)8-6-17)24-35-19-4-3-18(21(29)23(19)36-24)26(9-11-43-12-10-26)25(40)39-14-28(32,33)15-39/h3-4,13,17,22,37H,5-12,14-15H2,1-2H3,(H,35,36)/t22-/m0/s1. The third-order valence-corrected chi connectivity index (χ3v) is 10.8.